The number of methoxy groups -OCH3 is 1. The minimum Gasteiger partial charge on any atom is -0.382 e. The topological polar surface area (TPSA) is 60.5 Å². The first-order chi connectivity index (χ1) is 13.7. The van der Waals surface area contributed by atoms with Gasteiger partial charge in [0.05, 0.1) is 24.9 Å². The Labute approximate surface area is 168 Å². The van der Waals surface area contributed by atoms with E-state index in [9.17, 15) is 4.79 Å². The molecule has 3 aliphatic heterocycles. The van der Waals surface area contributed by atoms with Crippen LogP contribution < -0.4 is 0 Å². The summed E-state index contributed by atoms with van der Waals surface area (Å²) in [5.74, 6) is 0.913. The average molecular weight is 397 g/mol. The van der Waals surface area contributed by atoms with E-state index < -0.39 is 0 Å². The number of carbonyl (C=O) groups excluding carboxylic acids is 1. The van der Waals surface area contributed by atoms with Gasteiger partial charge in [-0.05, 0) is 44.4 Å². The summed E-state index contributed by atoms with van der Waals surface area (Å²) >= 11 is 0. The highest BCUT2D eigenvalue weighted by Crippen LogP contribution is 2.45. The van der Waals surface area contributed by atoms with Gasteiger partial charge in [0.1, 0.15) is 6.61 Å². The van der Waals surface area contributed by atoms with Crippen molar-refractivity contribution in [2.75, 3.05) is 66.4 Å². The van der Waals surface area contributed by atoms with Crippen molar-refractivity contribution in [1.82, 2.24) is 9.80 Å². The average Bonchev–Trinajstić information content (AvgIpc) is 3.56. The van der Waals surface area contributed by atoms with Crippen LogP contribution in [-0.2, 0) is 23.7 Å². The lowest BCUT2D eigenvalue weighted by molar-refractivity contribution is -0.218. The summed E-state index contributed by atoms with van der Waals surface area (Å²) in [7, 11) is 1.64. The first-order valence-corrected chi connectivity index (χ1v) is 11.0. The molecular weight excluding hydrogens is 360 g/mol. The molecule has 0 bridgehead atoms. The minimum atomic E-state index is 0.101. The van der Waals surface area contributed by atoms with Crippen molar-refractivity contribution in [2.24, 2.45) is 5.92 Å². The molecule has 4 rings (SSSR count). The number of hydrogen-bond acceptors (Lipinski definition) is 6. The van der Waals surface area contributed by atoms with Crippen molar-refractivity contribution < 1.29 is 23.7 Å². The lowest BCUT2D eigenvalue weighted by Crippen LogP contribution is -2.76. The Morgan fingerprint density at radius 3 is 2.54 bits per heavy atom. The minimum absolute atomic E-state index is 0.101. The van der Waals surface area contributed by atoms with Gasteiger partial charge in [-0.15, -0.1) is 0 Å². The standard InChI is InChI=1S/C21H36N2O5/c1-25-12-13-27-16-20(24)22-8-4-18(5-9-22)23-14-19(28-15-17-2-3-17)21(23)6-10-26-11-7-21/h17-19H,2-16H2,1H3. The lowest BCUT2D eigenvalue weighted by Gasteiger charge is -2.63. The van der Waals surface area contributed by atoms with Gasteiger partial charge in [0, 0.05) is 52.6 Å². The molecule has 1 saturated carbocycles. The molecule has 160 valence electrons. The van der Waals surface area contributed by atoms with Crippen LogP contribution >= 0.6 is 0 Å². The molecule has 4 fully saturated rings. The molecule has 3 saturated heterocycles. The molecule has 7 heteroatoms. The zero-order valence-electron chi connectivity index (χ0n) is 17.3. The highest BCUT2D eigenvalue weighted by Gasteiger charge is 2.57. The molecule has 4 aliphatic rings. The smallest absolute Gasteiger partial charge is 0.248 e. The number of rotatable bonds is 9. The van der Waals surface area contributed by atoms with Gasteiger partial charge in [0.25, 0.3) is 0 Å². The molecule has 7 nitrogen and oxygen atoms in total. The summed E-state index contributed by atoms with van der Waals surface area (Å²) in [5, 5.41) is 0. The van der Waals surface area contributed by atoms with Gasteiger partial charge in [-0.3, -0.25) is 9.69 Å². The van der Waals surface area contributed by atoms with Crippen LogP contribution in [0.4, 0.5) is 0 Å². The first kappa shape index (κ1) is 20.5. The largest absolute Gasteiger partial charge is 0.382 e. The van der Waals surface area contributed by atoms with E-state index in [1.165, 1.54) is 12.8 Å². The number of nitrogens with zero attached hydrogens (tertiary/aromatic N) is 2. The summed E-state index contributed by atoms with van der Waals surface area (Å²) in [6, 6.07) is 0.553. The van der Waals surface area contributed by atoms with Crippen molar-refractivity contribution >= 4 is 5.91 Å². The second-order valence-electron chi connectivity index (χ2n) is 8.79. The van der Waals surface area contributed by atoms with Crippen LogP contribution in [-0.4, -0.2) is 99.8 Å². The third-order valence-corrected chi connectivity index (χ3v) is 7.04. The molecule has 28 heavy (non-hydrogen) atoms. The fraction of sp³-hybridized carbons (Fsp3) is 0.952. The van der Waals surface area contributed by atoms with E-state index in [1.54, 1.807) is 7.11 Å². The van der Waals surface area contributed by atoms with Crippen LogP contribution in [0.3, 0.4) is 0 Å². The molecule has 1 spiro atoms. The fourth-order valence-electron chi connectivity index (χ4n) is 5.01. The molecule has 3 heterocycles. The second kappa shape index (κ2) is 9.39. The summed E-state index contributed by atoms with van der Waals surface area (Å²) in [4.78, 5) is 17.0. The van der Waals surface area contributed by atoms with Crippen LogP contribution in [0, 0.1) is 5.92 Å². The maximum absolute atomic E-state index is 12.3. The molecule has 0 N–H and O–H groups in total. The highest BCUT2D eigenvalue weighted by molar-refractivity contribution is 5.77. The van der Waals surface area contributed by atoms with Gasteiger partial charge in [0.15, 0.2) is 0 Å². The number of piperidine rings is 1. The summed E-state index contributed by atoms with van der Waals surface area (Å²) in [6.07, 6.45) is 7.29. The first-order valence-electron chi connectivity index (χ1n) is 11.0. The molecule has 1 amide bonds. The van der Waals surface area contributed by atoms with Crippen LogP contribution in [0.25, 0.3) is 0 Å². The Morgan fingerprint density at radius 2 is 1.86 bits per heavy atom. The van der Waals surface area contributed by atoms with Crippen LogP contribution in [0.2, 0.25) is 0 Å². The van der Waals surface area contributed by atoms with Crippen molar-refractivity contribution in [1.29, 1.82) is 0 Å². The Kier molecular flexibility index (Phi) is 6.89. The lowest BCUT2D eigenvalue weighted by atomic mass is 9.73. The predicted molar refractivity (Wildman–Crippen MR) is 104 cm³/mol. The van der Waals surface area contributed by atoms with E-state index in [-0.39, 0.29) is 18.1 Å². The van der Waals surface area contributed by atoms with Crippen LogP contribution in [0.15, 0.2) is 0 Å². The van der Waals surface area contributed by atoms with Crippen LogP contribution in [0.1, 0.15) is 38.5 Å². The highest BCUT2D eigenvalue weighted by atomic mass is 16.5. The van der Waals surface area contributed by atoms with Crippen molar-refractivity contribution in [3.63, 3.8) is 0 Å². The van der Waals surface area contributed by atoms with E-state index in [2.05, 4.69) is 4.90 Å². The summed E-state index contributed by atoms with van der Waals surface area (Å²) in [5.41, 5.74) is 0.174. The number of hydrogen-bond donors (Lipinski definition) is 0. The SMILES string of the molecule is COCCOCC(=O)N1CCC(N2CC(OCC3CC3)C23CCOCC3)CC1. The summed E-state index contributed by atoms with van der Waals surface area (Å²) < 4.78 is 22.4. The maximum atomic E-state index is 12.3. The fourth-order valence-corrected chi connectivity index (χ4v) is 5.01. The van der Waals surface area contributed by atoms with E-state index in [4.69, 9.17) is 18.9 Å². The summed E-state index contributed by atoms with van der Waals surface area (Å²) in [6.45, 7) is 6.49. The third-order valence-electron chi connectivity index (χ3n) is 7.04. The predicted octanol–water partition coefficient (Wildman–Crippen LogP) is 1.30. The van der Waals surface area contributed by atoms with Crippen molar-refractivity contribution in [2.45, 2.75) is 56.2 Å². The van der Waals surface area contributed by atoms with Crippen molar-refractivity contribution in [3.8, 4) is 0 Å². The molecule has 1 aliphatic carbocycles. The van der Waals surface area contributed by atoms with Gasteiger partial charge in [-0.1, -0.05) is 0 Å². The zero-order chi connectivity index (χ0) is 19.4. The number of ether oxygens (including phenoxy) is 4. The molecule has 1 unspecified atom stereocenters. The van der Waals surface area contributed by atoms with Gasteiger partial charge in [-0.2, -0.15) is 0 Å². The Morgan fingerprint density at radius 1 is 1.11 bits per heavy atom. The van der Waals surface area contributed by atoms with E-state index in [0.29, 0.717) is 25.4 Å². The van der Waals surface area contributed by atoms with Gasteiger partial charge >= 0.3 is 0 Å². The zero-order valence-corrected chi connectivity index (χ0v) is 17.3. The molecule has 0 aromatic heterocycles. The normalized spacial score (nSPS) is 28.5. The van der Waals surface area contributed by atoms with Gasteiger partial charge in [-0.25, -0.2) is 0 Å². The Hall–Kier alpha value is -0.730. The van der Waals surface area contributed by atoms with Gasteiger partial charge < -0.3 is 23.8 Å². The van der Waals surface area contributed by atoms with E-state index >= 15 is 0 Å². The monoisotopic (exact) mass is 396 g/mol. The number of amides is 1. The quantitative estimate of drug-likeness (QED) is 0.548. The Balaban J connectivity index is 1.25. The molecular formula is C21H36N2O5. The maximum Gasteiger partial charge on any atom is 0.248 e. The molecule has 1 atom stereocenters. The van der Waals surface area contributed by atoms with E-state index in [0.717, 1.165) is 71.1 Å². The van der Waals surface area contributed by atoms with Gasteiger partial charge in [0.2, 0.25) is 5.91 Å². The van der Waals surface area contributed by atoms with Crippen LogP contribution in [0.5, 0.6) is 0 Å². The number of carbonyl (C=O) groups is 1. The molecule has 0 aromatic carbocycles. The van der Waals surface area contributed by atoms with E-state index in [1.807, 2.05) is 4.90 Å². The molecule has 0 radical (unpaired) electrons. The third kappa shape index (κ3) is 4.54. The Bertz CT molecular complexity index is 513. The molecule has 0 aromatic rings. The van der Waals surface area contributed by atoms with Crippen molar-refractivity contribution in [3.05, 3.63) is 0 Å². The number of likely N-dealkylation sites (tertiary alicyclic amines) is 2. The second-order valence-corrected chi connectivity index (χ2v) is 8.79.